The van der Waals surface area contributed by atoms with Crippen molar-refractivity contribution in [3.8, 4) is 5.75 Å². The van der Waals surface area contributed by atoms with Crippen molar-refractivity contribution in [2.24, 2.45) is 0 Å². The second-order valence-electron chi connectivity index (χ2n) is 5.96. The predicted octanol–water partition coefficient (Wildman–Crippen LogP) is 2.35. The number of carbonyl (C=O) groups excluding carboxylic acids is 1. The van der Waals surface area contributed by atoms with Crippen molar-refractivity contribution in [1.82, 2.24) is 14.9 Å². The Hall–Kier alpha value is -2.51. The highest BCUT2D eigenvalue weighted by Gasteiger charge is 2.32. The molecule has 0 spiro atoms. The zero-order valence-electron chi connectivity index (χ0n) is 13.4. The summed E-state index contributed by atoms with van der Waals surface area (Å²) < 4.78 is 6.06. The summed E-state index contributed by atoms with van der Waals surface area (Å²) in [5.41, 5.74) is 2.49. The Morgan fingerprint density at radius 3 is 3.04 bits per heavy atom. The Kier molecular flexibility index (Phi) is 4.33. The molecule has 6 nitrogen and oxygen atoms in total. The van der Waals surface area contributed by atoms with Gasteiger partial charge < -0.3 is 14.7 Å². The van der Waals surface area contributed by atoms with E-state index in [1.54, 1.807) is 22.8 Å². The molecule has 2 aromatic heterocycles. The molecule has 4 rings (SSSR count). The average molecular weight is 355 g/mol. The Balaban J connectivity index is 1.47. The van der Waals surface area contributed by atoms with Gasteiger partial charge in [-0.15, -0.1) is 11.3 Å². The van der Waals surface area contributed by atoms with Crippen molar-refractivity contribution < 1.29 is 14.6 Å². The minimum atomic E-state index is -0.738. The Morgan fingerprint density at radius 2 is 2.24 bits per heavy atom. The van der Waals surface area contributed by atoms with E-state index in [4.69, 9.17) is 4.74 Å². The molecule has 1 aliphatic heterocycles. The molecule has 3 aromatic rings. The van der Waals surface area contributed by atoms with Crippen LogP contribution in [0, 0.1) is 0 Å². The van der Waals surface area contributed by atoms with E-state index in [0.717, 1.165) is 10.9 Å². The maximum absolute atomic E-state index is 12.4. The average Bonchev–Trinajstić information content (AvgIpc) is 3.18. The van der Waals surface area contributed by atoms with Crippen LogP contribution in [0.15, 0.2) is 48.2 Å². The minimum Gasteiger partial charge on any atom is -0.487 e. The van der Waals surface area contributed by atoms with E-state index >= 15 is 0 Å². The first kappa shape index (κ1) is 16.0. The topological polar surface area (TPSA) is 75.6 Å². The fourth-order valence-corrected chi connectivity index (χ4v) is 3.64. The van der Waals surface area contributed by atoms with Crippen LogP contribution in [0.5, 0.6) is 5.75 Å². The number of carbonyl (C=O) groups is 1. The highest BCUT2D eigenvalue weighted by Crippen LogP contribution is 2.27. The highest BCUT2D eigenvalue weighted by molar-refractivity contribution is 7.11. The van der Waals surface area contributed by atoms with Crippen molar-refractivity contribution in [1.29, 1.82) is 0 Å². The van der Waals surface area contributed by atoms with Crippen LogP contribution >= 0.6 is 11.3 Å². The number of hydrogen-bond donors (Lipinski definition) is 1. The molecule has 1 amide bonds. The fourth-order valence-electron chi connectivity index (χ4n) is 3.05. The van der Waals surface area contributed by atoms with Crippen LogP contribution in [0.25, 0.3) is 10.9 Å². The number of hydrogen-bond acceptors (Lipinski definition) is 6. The van der Waals surface area contributed by atoms with Gasteiger partial charge in [0, 0.05) is 24.5 Å². The van der Waals surface area contributed by atoms with Crippen molar-refractivity contribution in [3.05, 3.63) is 53.1 Å². The molecule has 7 heteroatoms. The lowest BCUT2D eigenvalue weighted by molar-refractivity contribution is -0.0191. The summed E-state index contributed by atoms with van der Waals surface area (Å²) in [5, 5.41) is 11.4. The smallest absolute Gasteiger partial charge is 0.265 e. The van der Waals surface area contributed by atoms with Gasteiger partial charge in [0.1, 0.15) is 22.8 Å². The molecule has 25 heavy (non-hydrogen) atoms. The van der Waals surface area contributed by atoms with Gasteiger partial charge in [0.15, 0.2) is 0 Å². The number of benzene rings is 1. The van der Waals surface area contributed by atoms with E-state index < -0.39 is 6.10 Å². The van der Waals surface area contributed by atoms with Crippen LogP contribution in [0.1, 0.15) is 16.1 Å². The lowest BCUT2D eigenvalue weighted by Crippen LogP contribution is -2.50. The van der Waals surface area contributed by atoms with E-state index in [9.17, 15) is 9.90 Å². The molecular formula is C18H17N3O3S. The molecule has 2 atom stereocenters. The molecule has 0 radical (unpaired) electrons. The second-order valence-corrected chi connectivity index (χ2v) is 6.84. The number of aliphatic hydroxyl groups excluding tert-OH is 1. The zero-order valence-corrected chi connectivity index (χ0v) is 14.2. The number of likely N-dealkylation sites (tertiary alicyclic amines) is 1. The van der Waals surface area contributed by atoms with Gasteiger partial charge in [0.25, 0.3) is 5.91 Å². The normalized spacial score (nSPS) is 20.6. The van der Waals surface area contributed by atoms with Crippen molar-refractivity contribution in [2.75, 3.05) is 13.1 Å². The van der Waals surface area contributed by atoms with Gasteiger partial charge >= 0.3 is 0 Å². The largest absolute Gasteiger partial charge is 0.487 e. The van der Waals surface area contributed by atoms with Crippen molar-refractivity contribution in [3.63, 3.8) is 0 Å². The summed E-state index contributed by atoms with van der Waals surface area (Å²) >= 11 is 1.31. The van der Waals surface area contributed by atoms with Crippen LogP contribution in [-0.2, 0) is 0 Å². The first-order valence-electron chi connectivity index (χ1n) is 8.08. The molecular weight excluding hydrogens is 338 g/mol. The fraction of sp³-hybridized carbons (Fsp3) is 0.278. The maximum atomic E-state index is 12.4. The molecule has 1 aromatic carbocycles. The quantitative estimate of drug-likeness (QED) is 0.780. The van der Waals surface area contributed by atoms with Crippen LogP contribution in [0.3, 0.4) is 0 Å². The standard InChI is InChI=1S/C18H17N3O3S/c22-14-10-21(18(23)17-9-19-11-25-17)8-6-16(14)24-15-5-1-4-13-12(15)3-2-7-20-13/h1-5,7,9,11,14,16,22H,6,8,10H2/t14-,16-/m1/s1. The third kappa shape index (κ3) is 3.20. The predicted molar refractivity (Wildman–Crippen MR) is 94.8 cm³/mol. The van der Waals surface area contributed by atoms with Gasteiger partial charge in [-0.05, 0) is 24.3 Å². The van der Waals surface area contributed by atoms with Crippen molar-refractivity contribution >= 4 is 28.1 Å². The number of fused-ring (bicyclic) bond motifs is 1. The number of aromatic nitrogens is 2. The Labute approximate surface area is 148 Å². The molecule has 128 valence electrons. The molecule has 3 heterocycles. The van der Waals surface area contributed by atoms with Crippen molar-refractivity contribution in [2.45, 2.75) is 18.6 Å². The Morgan fingerprint density at radius 1 is 1.32 bits per heavy atom. The lowest BCUT2D eigenvalue weighted by atomic mass is 10.0. The SMILES string of the molecule is O=C(c1cncs1)N1CC[C@@H](Oc2cccc3ncccc23)[C@H](O)C1. The molecule has 0 aliphatic carbocycles. The van der Waals surface area contributed by atoms with Crippen LogP contribution < -0.4 is 4.74 Å². The minimum absolute atomic E-state index is 0.0886. The lowest BCUT2D eigenvalue weighted by Gasteiger charge is -2.35. The highest BCUT2D eigenvalue weighted by atomic mass is 32.1. The van der Waals surface area contributed by atoms with Gasteiger partial charge in [-0.2, -0.15) is 0 Å². The Bertz CT molecular complexity index is 879. The number of piperidine rings is 1. The molecule has 1 N–H and O–H groups in total. The summed E-state index contributed by atoms with van der Waals surface area (Å²) in [6.07, 6.45) is 2.78. The van der Waals surface area contributed by atoms with Gasteiger partial charge in [-0.25, -0.2) is 0 Å². The maximum Gasteiger partial charge on any atom is 0.265 e. The first-order valence-corrected chi connectivity index (χ1v) is 8.96. The number of pyridine rings is 1. The summed E-state index contributed by atoms with van der Waals surface area (Å²) in [6.45, 7) is 0.798. The molecule has 1 fully saturated rings. The van der Waals surface area contributed by atoms with Gasteiger partial charge in [0.05, 0.1) is 23.8 Å². The van der Waals surface area contributed by atoms with Crippen LogP contribution in [-0.4, -0.2) is 51.2 Å². The number of thiazole rings is 1. The zero-order chi connectivity index (χ0) is 17.2. The summed E-state index contributed by atoms with van der Waals surface area (Å²) in [5.74, 6) is 0.617. The van der Waals surface area contributed by atoms with Gasteiger partial charge in [-0.3, -0.25) is 14.8 Å². The number of aliphatic hydroxyl groups is 1. The van der Waals surface area contributed by atoms with Crippen LogP contribution in [0.2, 0.25) is 0 Å². The molecule has 0 saturated carbocycles. The third-order valence-corrected chi connectivity index (χ3v) is 5.10. The summed E-state index contributed by atoms with van der Waals surface area (Å²) in [7, 11) is 0. The number of amides is 1. The molecule has 1 saturated heterocycles. The first-order chi connectivity index (χ1) is 12.2. The number of β-amino-alcohol motifs (C(OH)–C–C–N with tert-alkyl or cyclic N) is 1. The number of ether oxygens (including phenoxy) is 1. The summed E-state index contributed by atoms with van der Waals surface area (Å²) in [4.78, 5) is 22.9. The molecule has 1 aliphatic rings. The number of nitrogens with zero attached hydrogens (tertiary/aromatic N) is 3. The van der Waals surface area contributed by atoms with E-state index in [-0.39, 0.29) is 18.6 Å². The van der Waals surface area contributed by atoms with E-state index in [1.165, 1.54) is 11.3 Å². The van der Waals surface area contributed by atoms with E-state index in [1.807, 2.05) is 30.3 Å². The van der Waals surface area contributed by atoms with Crippen LogP contribution in [0.4, 0.5) is 0 Å². The second kappa shape index (κ2) is 6.78. The summed E-state index contributed by atoms with van der Waals surface area (Å²) in [6, 6.07) is 9.51. The monoisotopic (exact) mass is 355 g/mol. The molecule has 0 unspecified atom stereocenters. The third-order valence-electron chi connectivity index (χ3n) is 4.33. The van der Waals surface area contributed by atoms with E-state index in [2.05, 4.69) is 9.97 Å². The van der Waals surface area contributed by atoms with Gasteiger partial charge in [-0.1, -0.05) is 6.07 Å². The molecule has 0 bridgehead atoms. The number of rotatable bonds is 3. The van der Waals surface area contributed by atoms with Gasteiger partial charge in [0.2, 0.25) is 0 Å². The van der Waals surface area contributed by atoms with E-state index in [0.29, 0.717) is 23.6 Å².